The molecular formula is C12H17N3O3. The molecule has 1 amide bonds. The Morgan fingerprint density at radius 2 is 1.83 bits per heavy atom. The van der Waals surface area contributed by atoms with Crippen molar-refractivity contribution in [3.63, 3.8) is 0 Å². The fourth-order valence-electron chi connectivity index (χ4n) is 1.55. The number of carbonyl (C=O) groups is 1. The van der Waals surface area contributed by atoms with E-state index in [1.165, 1.54) is 12.1 Å². The molecule has 6 nitrogen and oxygen atoms in total. The van der Waals surface area contributed by atoms with Crippen molar-refractivity contribution < 1.29 is 9.72 Å². The third kappa shape index (κ3) is 3.44. The molecule has 1 atom stereocenters. The minimum absolute atomic E-state index is 0.0292. The number of rotatable bonds is 5. The second kappa shape index (κ2) is 6.00. The van der Waals surface area contributed by atoms with Crippen molar-refractivity contribution in [2.45, 2.75) is 19.9 Å². The van der Waals surface area contributed by atoms with E-state index in [0.29, 0.717) is 5.69 Å². The molecule has 1 unspecified atom stereocenters. The Balaban J connectivity index is 2.81. The smallest absolute Gasteiger partial charge is 0.269 e. The number of benzene rings is 1. The van der Waals surface area contributed by atoms with Gasteiger partial charge in [-0.1, -0.05) is 13.8 Å². The lowest BCUT2D eigenvalue weighted by atomic mass is 10.0. The van der Waals surface area contributed by atoms with Gasteiger partial charge >= 0.3 is 0 Å². The van der Waals surface area contributed by atoms with Crippen LogP contribution in [0.5, 0.6) is 0 Å². The molecule has 0 aliphatic carbocycles. The van der Waals surface area contributed by atoms with E-state index in [1.807, 2.05) is 13.8 Å². The minimum atomic E-state index is -0.456. The third-order valence-corrected chi connectivity index (χ3v) is 2.60. The topological polar surface area (TPSA) is 84.3 Å². The molecule has 1 aromatic rings. The third-order valence-electron chi connectivity index (χ3n) is 2.60. The van der Waals surface area contributed by atoms with Crippen molar-refractivity contribution in [1.29, 1.82) is 0 Å². The standard InChI is InChI=1S/C12H17N3O3/c1-8(2)11(12(16)13-3)14-9-4-6-10(7-5-9)15(17)18/h4-8,11,14H,1-3H3,(H,13,16). The van der Waals surface area contributed by atoms with Crippen LogP contribution in [-0.4, -0.2) is 23.9 Å². The fourth-order valence-corrected chi connectivity index (χ4v) is 1.55. The Morgan fingerprint density at radius 3 is 2.22 bits per heavy atom. The van der Waals surface area contributed by atoms with Gasteiger partial charge in [0.25, 0.3) is 5.69 Å². The van der Waals surface area contributed by atoms with Gasteiger partial charge in [-0.15, -0.1) is 0 Å². The summed E-state index contributed by atoms with van der Waals surface area (Å²) >= 11 is 0. The van der Waals surface area contributed by atoms with Crippen molar-refractivity contribution in [1.82, 2.24) is 5.32 Å². The second-order valence-electron chi connectivity index (χ2n) is 4.28. The molecule has 0 aliphatic rings. The summed E-state index contributed by atoms with van der Waals surface area (Å²) in [5.74, 6) is 0.00324. The number of anilines is 1. The van der Waals surface area contributed by atoms with Crippen LogP contribution in [0.4, 0.5) is 11.4 Å². The van der Waals surface area contributed by atoms with Gasteiger partial charge in [-0.25, -0.2) is 0 Å². The van der Waals surface area contributed by atoms with Crippen LogP contribution in [0, 0.1) is 16.0 Å². The Labute approximate surface area is 106 Å². The zero-order chi connectivity index (χ0) is 13.7. The van der Waals surface area contributed by atoms with Crippen LogP contribution < -0.4 is 10.6 Å². The Kier molecular flexibility index (Phi) is 4.65. The molecular weight excluding hydrogens is 234 g/mol. The molecule has 1 aromatic carbocycles. The van der Waals surface area contributed by atoms with Crippen LogP contribution in [0.2, 0.25) is 0 Å². The minimum Gasteiger partial charge on any atom is -0.373 e. The Morgan fingerprint density at radius 1 is 1.28 bits per heavy atom. The number of non-ortho nitro benzene ring substituents is 1. The molecule has 0 aliphatic heterocycles. The lowest BCUT2D eigenvalue weighted by Gasteiger charge is -2.21. The van der Waals surface area contributed by atoms with Crippen LogP contribution in [0.1, 0.15) is 13.8 Å². The number of nitro groups is 1. The van der Waals surface area contributed by atoms with Crippen LogP contribution in [-0.2, 0) is 4.79 Å². The van der Waals surface area contributed by atoms with Gasteiger partial charge in [0.2, 0.25) is 5.91 Å². The molecule has 0 fully saturated rings. The van der Waals surface area contributed by atoms with Gasteiger partial charge in [0.15, 0.2) is 0 Å². The van der Waals surface area contributed by atoms with Gasteiger partial charge in [0.1, 0.15) is 6.04 Å². The zero-order valence-electron chi connectivity index (χ0n) is 10.6. The van der Waals surface area contributed by atoms with E-state index in [0.717, 1.165) is 0 Å². The summed E-state index contributed by atoms with van der Waals surface area (Å²) in [6, 6.07) is 5.64. The molecule has 98 valence electrons. The van der Waals surface area contributed by atoms with Gasteiger partial charge in [-0.2, -0.15) is 0 Å². The average Bonchev–Trinajstić information content (AvgIpc) is 2.35. The normalized spacial score (nSPS) is 12.0. The molecule has 1 rings (SSSR count). The van der Waals surface area contributed by atoms with Gasteiger partial charge in [-0.05, 0) is 18.1 Å². The number of hydrogen-bond donors (Lipinski definition) is 2. The Bertz CT molecular complexity index is 429. The van der Waals surface area contributed by atoms with Crippen molar-refractivity contribution in [2.24, 2.45) is 5.92 Å². The Hall–Kier alpha value is -2.11. The molecule has 0 saturated heterocycles. The van der Waals surface area contributed by atoms with Crippen molar-refractivity contribution in [3.05, 3.63) is 34.4 Å². The molecule has 6 heteroatoms. The van der Waals surface area contributed by atoms with Gasteiger partial charge < -0.3 is 10.6 Å². The maximum Gasteiger partial charge on any atom is 0.269 e. The van der Waals surface area contributed by atoms with Crippen LogP contribution in [0.25, 0.3) is 0 Å². The van der Waals surface area contributed by atoms with Gasteiger partial charge in [0, 0.05) is 24.9 Å². The van der Waals surface area contributed by atoms with E-state index < -0.39 is 4.92 Å². The summed E-state index contributed by atoms with van der Waals surface area (Å²) in [5.41, 5.74) is 0.712. The van der Waals surface area contributed by atoms with Crippen LogP contribution in [0.3, 0.4) is 0 Å². The van der Waals surface area contributed by atoms with E-state index >= 15 is 0 Å². The number of hydrogen-bond acceptors (Lipinski definition) is 4. The van der Waals surface area contributed by atoms with E-state index in [4.69, 9.17) is 0 Å². The number of likely N-dealkylation sites (N-methyl/N-ethyl adjacent to an activating group) is 1. The summed E-state index contributed by atoms with van der Waals surface area (Å²) in [7, 11) is 1.58. The maximum atomic E-state index is 11.7. The summed E-state index contributed by atoms with van der Waals surface area (Å²) in [4.78, 5) is 21.7. The van der Waals surface area contributed by atoms with Gasteiger partial charge in [0.05, 0.1) is 4.92 Å². The lowest BCUT2D eigenvalue weighted by molar-refractivity contribution is -0.384. The highest BCUT2D eigenvalue weighted by atomic mass is 16.6. The first kappa shape index (κ1) is 14.0. The maximum absolute atomic E-state index is 11.7. The summed E-state index contributed by atoms with van der Waals surface area (Å²) in [6.45, 7) is 3.86. The van der Waals surface area contributed by atoms with Crippen LogP contribution in [0.15, 0.2) is 24.3 Å². The fraction of sp³-hybridized carbons (Fsp3) is 0.417. The van der Waals surface area contributed by atoms with Crippen molar-refractivity contribution in [2.75, 3.05) is 12.4 Å². The number of amides is 1. The summed E-state index contributed by atoms with van der Waals surface area (Å²) < 4.78 is 0. The molecule has 18 heavy (non-hydrogen) atoms. The highest BCUT2D eigenvalue weighted by molar-refractivity contribution is 5.84. The van der Waals surface area contributed by atoms with Crippen molar-refractivity contribution in [3.8, 4) is 0 Å². The predicted molar refractivity (Wildman–Crippen MR) is 69.4 cm³/mol. The van der Waals surface area contributed by atoms with E-state index in [2.05, 4.69) is 10.6 Å². The molecule has 0 aromatic heterocycles. The SMILES string of the molecule is CNC(=O)C(Nc1ccc([N+](=O)[O-])cc1)C(C)C. The number of nitrogens with one attached hydrogen (secondary N) is 2. The number of carbonyl (C=O) groups excluding carboxylic acids is 1. The summed E-state index contributed by atoms with van der Waals surface area (Å²) in [5, 5.41) is 16.2. The predicted octanol–water partition coefficient (Wildman–Crippen LogP) is 1.78. The molecule has 0 saturated carbocycles. The quantitative estimate of drug-likeness (QED) is 0.617. The number of nitro benzene ring substituents is 1. The molecule has 0 heterocycles. The highest BCUT2D eigenvalue weighted by Gasteiger charge is 2.20. The zero-order valence-corrected chi connectivity index (χ0v) is 10.6. The molecule has 0 bridgehead atoms. The molecule has 2 N–H and O–H groups in total. The van der Waals surface area contributed by atoms with E-state index in [-0.39, 0.29) is 23.6 Å². The number of nitrogens with zero attached hydrogens (tertiary/aromatic N) is 1. The first-order valence-electron chi connectivity index (χ1n) is 5.68. The highest BCUT2D eigenvalue weighted by Crippen LogP contribution is 2.17. The van der Waals surface area contributed by atoms with E-state index in [9.17, 15) is 14.9 Å². The molecule has 0 radical (unpaired) electrons. The largest absolute Gasteiger partial charge is 0.373 e. The average molecular weight is 251 g/mol. The lowest BCUT2D eigenvalue weighted by Crippen LogP contribution is -2.41. The second-order valence-corrected chi connectivity index (χ2v) is 4.28. The monoisotopic (exact) mass is 251 g/mol. The first-order chi connectivity index (χ1) is 8.45. The molecule has 0 spiro atoms. The van der Waals surface area contributed by atoms with Crippen molar-refractivity contribution >= 4 is 17.3 Å². The first-order valence-corrected chi connectivity index (χ1v) is 5.68. The van der Waals surface area contributed by atoms with E-state index in [1.54, 1.807) is 19.2 Å². The van der Waals surface area contributed by atoms with Crippen LogP contribution >= 0.6 is 0 Å². The van der Waals surface area contributed by atoms with Gasteiger partial charge in [-0.3, -0.25) is 14.9 Å². The summed E-state index contributed by atoms with van der Waals surface area (Å²) in [6.07, 6.45) is 0.